The molecule has 0 aliphatic rings. The Labute approximate surface area is 76.0 Å². The first-order valence-corrected chi connectivity index (χ1v) is 4.08. The number of benzene rings is 1. The lowest BCUT2D eigenvalue weighted by atomic mass is 10.0. The molecular weight excluding hydrogens is 171 g/mol. The lowest BCUT2D eigenvalue weighted by Gasteiger charge is -2.04. The maximum atomic E-state index is 12.0. The number of carboxylic acids is 1. The van der Waals surface area contributed by atoms with Crippen molar-refractivity contribution < 1.29 is 14.3 Å². The molecule has 1 aromatic rings. The molecule has 0 saturated carbocycles. The van der Waals surface area contributed by atoms with Gasteiger partial charge in [0.2, 0.25) is 0 Å². The fraction of sp³-hybridized carbons (Fsp3) is 0.300. The number of hydrogen-bond donors (Lipinski definition) is 1. The Morgan fingerprint density at radius 2 is 1.92 bits per heavy atom. The Morgan fingerprint density at radius 3 is 2.46 bits per heavy atom. The molecular formula is C10H11FO2. The van der Waals surface area contributed by atoms with E-state index < -0.39 is 12.6 Å². The molecule has 0 aliphatic heterocycles. The smallest absolute Gasteiger partial charge is 0.307 e. The van der Waals surface area contributed by atoms with Crippen molar-refractivity contribution in [1.82, 2.24) is 0 Å². The maximum absolute atomic E-state index is 12.0. The van der Waals surface area contributed by atoms with Gasteiger partial charge in [0.15, 0.2) is 0 Å². The molecule has 0 radical (unpaired) electrons. The van der Waals surface area contributed by atoms with Gasteiger partial charge >= 0.3 is 5.97 Å². The van der Waals surface area contributed by atoms with Crippen LogP contribution in [0.1, 0.15) is 11.1 Å². The second-order valence-corrected chi connectivity index (χ2v) is 2.78. The van der Waals surface area contributed by atoms with E-state index in [1.54, 1.807) is 24.3 Å². The highest BCUT2D eigenvalue weighted by Gasteiger charge is 2.05. The molecule has 1 N–H and O–H groups in total. The average molecular weight is 182 g/mol. The van der Waals surface area contributed by atoms with Gasteiger partial charge in [0.25, 0.3) is 0 Å². The standard InChI is InChI=1S/C10H11FO2/c11-6-5-8-3-1-2-4-9(8)7-10(12)13/h1-4H,5-7H2,(H,12,13). The van der Waals surface area contributed by atoms with Gasteiger partial charge in [0.1, 0.15) is 0 Å². The third kappa shape index (κ3) is 2.86. The van der Waals surface area contributed by atoms with Crippen LogP contribution in [0, 0.1) is 0 Å². The number of hydrogen-bond acceptors (Lipinski definition) is 1. The van der Waals surface area contributed by atoms with Crippen LogP contribution in [-0.4, -0.2) is 17.8 Å². The molecule has 0 aliphatic carbocycles. The van der Waals surface area contributed by atoms with Gasteiger partial charge in [-0.25, -0.2) is 0 Å². The summed E-state index contributed by atoms with van der Waals surface area (Å²) in [7, 11) is 0. The van der Waals surface area contributed by atoms with Gasteiger partial charge in [0, 0.05) is 6.42 Å². The Balaban J connectivity index is 2.84. The van der Waals surface area contributed by atoms with Crippen LogP contribution in [0.5, 0.6) is 0 Å². The minimum absolute atomic E-state index is 0.0316. The van der Waals surface area contributed by atoms with E-state index in [1.807, 2.05) is 0 Å². The van der Waals surface area contributed by atoms with Gasteiger partial charge < -0.3 is 5.11 Å². The molecule has 2 nitrogen and oxygen atoms in total. The van der Waals surface area contributed by atoms with E-state index in [0.29, 0.717) is 12.0 Å². The molecule has 0 unspecified atom stereocenters. The van der Waals surface area contributed by atoms with Gasteiger partial charge in [-0.2, -0.15) is 0 Å². The van der Waals surface area contributed by atoms with Gasteiger partial charge in [-0.3, -0.25) is 9.18 Å². The SMILES string of the molecule is O=C(O)Cc1ccccc1CCF. The number of carbonyl (C=O) groups is 1. The van der Waals surface area contributed by atoms with E-state index in [1.165, 1.54) is 0 Å². The predicted octanol–water partition coefficient (Wildman–Crippen LogP) is 1.83. The van der Waals surface area contributed by atoms with E-state index >= 15 is 0 Å². The number of halogens is 1. The molecule has 1 rings (SSSR count). The molecule has 0 aromatic heterocycles. The quantitative estimate of drug-likeness (QED) is 0.771. The molecule has 70 valence electrons. The van der Waals surface area contributed by atoms with Gasteiger partial charge in [-0.15, -0.1) is 0 Å². The van der Waals surface area contributed by atoms with Crippen LogP contribution in [0.2, 0.25) is 0 Å². The maximum Gasteiger partial charge on any atom is 0.307 e. The number of aliphatic carboxylic acids is 1. The molecule has 0 bridgehead atoms. The van der Waals surface area contributed by atoms with Gasteiger partial charge in [-0.05, 0) is 11.1 Å². The van der Waals surface area contributed by atoms with E-state index in [2.05, 4.69) is 0 Å². The highest BCUT2D eigenvalue weighted by atomic mass is 19.1. The van der Waals surface area contributed by atoms with Crippen molar-refractivity contribution in [3.8, 4) is 0 Å². The topological polar surface area (TPSA) is 37.3 Å². The summed E-state index contributed by atoms with van der Waals surface area (Å²) >= 11 is 0. The second-order valence-electron chi connectivity index (χ2n) is 2.78. The molecule has 0 spiro atoms. The Kier molecular flexibility index (Phi) is 3.43. The van der Waals surface area contributed by atoms with Crippen molar-refractivity contribution in [2.24, 2.45) is 0 Å². The zero-order valence-electron chi connectivity index (χ0n) is 7.16. The van der Waals surface area contributed by atoms with Crippen LogP contribution >= 0.6 is 0 Å². The first kappa shape index (κ1) is 9.71. The van der Waals surface area contributed by atoms with Crippen molar-refractivity contribution in [3.63, 3.8) is 0 Å². The number of rotatable bonds is 4. The summed E-state index contributed by atoms with van der Waals surface area (Å²) in [6.45, 7) is -0.448. The predicted molar refractivity (Wildman–Crippen MR) is 47.5 cm³/mol. The third-order valence-corrected chi connectivity index (χ3v) is 1.82. The van der Waals surface area contributed by atoms with Crippen molar-refractivity contribution in [1.29, 1.82) is 0 Å². The first-order valence-electron chi connectivity index (χ1n) is 4.08. The lowest BCUT2D eigenvalue weighted by Crippen LogP contribution is -2.03. The van der Waals surface area contributed by atoms with E-state index in [0.717, 1.165) is 5.56 Å². The molecule has 0 saturated heterocycles. The van der Waals surface area contributed by atoms with Crippen LogP contribution in [-0.2, 0) is 17.6 Å². The lowest BCUT2D eigenvalue weighted by molar-refractivity contribution is -0.136. The van der Waals surface area contributed by atoms with Crippen LogP contribution in [0.3, 0.4) is 0 Å². The summed E-state index contributed by atoms with van der Waals surface area (Å²) in [5.74, 6) is -0.883. The molecule has 0 fully saturated rings. The van der Waals surface area contributed by atoms with E-state index in [-0.39, 0.29) is 6.42 Å². The summed E-state index contributed by atoms with van der Waals surface area (Å²) in [5.41, 5.74) is 1.49. The van der Waals surface area contributed by atoms with Crippen molar-refractivity contribution in [2.75, 3.05) is 6.67 Å². The molecule has 0 atom stereocenters. The first-order chi connectivity index (χ1) is 6.24. The molecule has 1 aromatic carbocycles. The Hall–Kier alpha value is -1.38. The number of aryl methyl sites for hydroxylation is 1. The number of alkyl halides is 1. The van der Waals surface area contributed by atoms with Crippen LogP contribution < -0.4 is 0 Å². The highest BCUT2D eigenvalue weighted by Crippen LogP contribution is 2.10. The summed E-state index contributed by atoms with van der Waals surface area (Å²) in [5, 5.41) is 8.57. The van der Waals surface area contributed by atoms with Crippen LogP contribution in [0.15, 0.2) is 24.3 Å². The average Bonchev–Trinajstić information content (AvgIpc) is 2.08. The molecule has 13 heavy (non-hydrogen) atoms. The second kappa shape index (κ2) is 4.60. The van der Waals surface area contributed by atoms with Crippen LogP contribution in [0.4, 0.5) is 4.39 Å². The molecule has 0 amide bonds. The minimum atomic E-state index is -0.883. The van der Waals surface area contributed by atoms with Crippen molar-refractivity contribution >= 4 is 5.97 Å². The van der Waals surface area contributed by atoms with Gasteiger partial charge in [-0.1, -0.05) is 24.3 Å². The number of carboxylic acid groups (broad SMARTS) is 1. The molecule has 0 heterocycles. The zero-order valence-corrected chi connectivity index (χ0v) is 7.16. The zero-order chi connectivity index (χ0) is 9.68. The minimum Gasteiger partial charge on any atom is -0.481 e. The highest BCUT2D eigenvalue weighted by molar-refractivity contribution is 5.70. The Bertz CT molecular complexity index is 297. The Morgan fingerprint density at radius 1 is 1.31 bits per heavy atom. The van der Waals surface area contributed by atoms with Gasteiger partial charge in [0.05, 0.1) is 13.1 Å². The van der Waals surface area contributed by atoms with Crippen molar-refractivity contribution in [2.45, 2.75) is 12.8 Å². The largest absolute Gasteiger partial charge is 0.481 e. The van der Waals surface area contributed by atoms with Crippen LogP contribution in [0.25, 0.3) is 0 Å². The summed E-state index contributed by atoms with van der Waals surface area (Å²) < 4.78 is 12.0. The molecule has 3 heteroatoms. The van der Waals surface area contributed by atoms with E-state index in [4.69, 9.17) is 5.11 Å². The summed E-state index contributed by atoms with van der Waals surface area (Å²) in [4.78, 5) is 10.4. The van der Waals surface area contributed by atoms with Crippen molar-refractivity contribution in [3.05, 3.63) is 35.4 Å². The fourth-order valence-electron chi connectivity index (χ4n) is 1.24. The van der Waals surface area contributed by atoms with E-state index in [9.17, 15) is 9.18 Å². The summed E-state index contributed by atoms with van der Waals surface area (Å²) in [6, 6.07) is 7.04. The third-order valence-electron chi connectivity index (χ3n) is 1.82. The normalized spacial score (nSPS) is 9.92. The fourth-order valence-corrected chi connectivity index (χ4v) is 1.24. The monoisotopic (exact) mass is 182 g/mol. The summed E-state index contributed by atoms with van der Waals surface area (Å²) in [6.07, 6.45) is 0.264.